The molecule has 2 unspecified atom stereocenters. The van der Waals surface area contributed by atoms with Crippen LogP contribution >= 0.6 is 22.6 Å². The number of rotatable bonds is 2. The van der Waals surface area contributed by atoms with Gasteiger partial charge in [0, 0.05) is 10.1 Å². The summed E-state index contributed by atoms with van der Waals surface area (Å²) in [5.41, 5.74) is 2.26. The third kappa shape index (κ3) is 3.77. The first-order chi connectivity index (χ1) is 14.5. The van der Waals surface area contributed by atoms with Gasteiger partial charge in [0.05, 0.1) is 10.9 Å². The smallest absolute Gasteiger partial charge is 0.410 e. The topological polar surface area (TPSA) is 63.7 Å². The molecule has 0 radical (unpaired) electrons. The Balaban J connectivity index is 1.88. The molecule has 1 fully saturated rings. The van der Waals surface area contributed by atoms with Crippen LogP contribution < -0.4 is 0 Å². The Hall–Kier alpha value is -1.61. The third-order valence-corrected chi connectivity index (χ3v) is 9.51. The first-order valence-electron chi connectivity index (χ1n) is 10.6. The molecule has 2 aromatic rings. The van der Waals surface area contributed by atoms with E-state index in [-0.39, 0.29) is 0 Å². The largest absolute Gasteiger partial charge is 0.444 e. The number of fused-ring (bicyclic) bond motifs is 3. The van der Waals surface area contributed by atoms with Gasteiger partial charge in [0.2, 0.25) is 0 Å². The highest BCUT2D eigenvalue weighted by Gasteiger charge is 2.61. The number of amides is 1. The van der Waals surface area contributed by atoms with E-state index in [0.29, 0.717) is 24.3 Å². The zero-order chi connectivity index (χ0) is 22.6. The van der Waals surface area contributed by atoms with E-state index in [9.17, 15) is 13.2 Å². The summed E-state index contributed by atoms with van der Waals surface area (Å²) in [4.78, 5) is 15.0. The normalized spacial score (nSPS) is 23.3. The van der Waals surface area contributed by atoms with Crippen LogP contribution in [0.25, 0.3) is 0 Å². The Bertz CT molecular complexity index is 1120. The minimum absolute atomic E-state index is 0.306. The lowest BCUT2D eigenvalue weighted by Gasteiger charge is -2.42. The summed E-state index contributed by atoms with van der Waals surface area (Å²) >= 11 is 2.26. The molecular weight excluding hydrogens is 525 g/mol. The number of ether oxygens (including phenoxy) is 1. The van der Waals surface area contributed by atoms with E-state index in [1.165, 1.54) is 0 Å². The molecule has 2 atom stereocenters. The summed E-state index contributed by atoms with van der Waals surface area (Å²) in [5, 5.41) is 0. The van der Waals surface area contributed by atoms with Crippen LogP contribution in [-0.4, -0.2) is 37.6 Å². The van der Waals surface area contributed by atoms with Gasteiger partial charge < -0.3 is 9.64 Å². The molecule has 31 heavy (non-hydrogen) atoms. The van der Waals surface area contributed by atoms with Crippen LogP contribution in [0.5, 0.6) is 0 Å². The monoisotopic (exact) mass is 553 g/mol. The summed E-state index contributed by atoms with van der Waals surface area (Å²) in [6.45, 7) is 7.78. The third-order valence-electron chi connectivity index (χ3n) is 6.29. The number of likely N-dealkylation sites (tertiary alicyclic amines) is 1. The van der Waals surface area contributed by atoms with E-state index in [4.69, 9.17) is 4.74 Å². The number of benzene rings is 2. The first-order valence-corrected chi connectivity index (χ1v) is 13.1. The van der Waals surface area contributed by atoms with Crippen LogP contribution in [0.3, 0.4) is 0 Å². The molecule has 1 aliphatic heterocycles. The quantitative estimate of drug-likeness (QED) is 0.479. The Morgan fingerprint density at radius 3 is 2.48 bits per heavy atom. The molecule has 1 saturated heterocycles. The predicted molar refractivity (Wildman–Crippen MR) is 129 cm³/mol. The number of hydrogen-bond donors (Lipinski definition) is 0. The SMILES string of the molecule is Cc1ccc(S(=O)(=O)C23CCN(C(=O)OC(C)(C)C)C2CCc2cc(I)ccc23)cc1. The molecule has 0 spiro atoms. The van der Waals surface area contributed by atoms with Gasteiger partial charge in [-0.2, -0.15) is 0 Å². The van der Waals surface area contributed by atoms with Gasteiger partial charge in [-0.25, -0.2) is 13.2 Å². The number of carbonyl (C=O) groups is 1. The van der Waals surface area contributed by atoms with E-state index in [0.717, 1.165) is 26.7 Å². The lowest BCUT2D eigenvalue weighted by Crippen LogP contribution is -2.52. The van der Waals surface area contributed by atoms with Crippen molar-refractivity contribution in [1.29, 1.82) is 0 Å². The van der Waals surface area contributed by atoms with E-state index >= 15 is 0 Å². The lowest BCUT2D eigenvalue weighted by molar-refractivity contribution is 0.0202. The summed E-state index contributed by atoms with van der Waals surface area (Å²) in [5.74, 6) is 0. The summed E-state index contributed by atoms with van der Waals surface area (Å²) in [6.07, 6.45) is 1.26. The second kappa shape index (κ2) is 7.76. The number of sulfone groups is 1. The van der Waals surface area contributed by atoms with Crippen molar-refractivity contribution >= 4 is 38.5 Å². The van der Waals surface area contributed by atoms with Crippen molar-refractivity contribution in [3.63, 3.8) is 0 Å². The molecule has 1 heterocycles. The van der Waals surface area contributed by atoms with Crippen LogP contribution in [0.1, 0.15) is 50.3 Å². The van der Waals surface area contributed by atoms with Crippen LogP contribution in [0, 0.1) is 10.5 Å². The highest BCUT2D eigenvalue weighted by Crippen LogP contribution is 2.53. The van der Waals surface area contributed by atoms with Crippen molar-refractivity contribution in [3.05, 3.63) is 62.7 Å². The van der Waals surface area contributed by atoms with Gasteiger partial charge in [-0.15, -0.1) is 0 Å². The molecule has 1 amide bonds. The van der Waals surface area contributed by atoms with Crippen LogP contribution in [0.15, 0.2) is 47.4 Å². The Labute approximate surface area is 198 Å². The molecule has 0 N–H and O–H groups in total. The van der Waals surface area contributed by atoms with Crippen molar-refractivity contribution in [2.75, 3.05) is 6.54 Å². The van der Waals surface area contributed by atoms with Gasteiger partial charge in [0.15, 0.2) is 9.84 Å². The average Bonchev–Trinajstić information content (AvgIpc) is 3.08. The molecule has 4 rings (SSSR count). The van der Waals surface area contributed by atoms with E-state index in [2.05, 4.69) is 28.7 Å². The number of aryl methyl sites for hydroxylation is 2. The highest BCUT2D eigenvalue weighted by molar-refractivity contribution is 14.1. The van der Waals surface area contributed by atoms with Crippen molar-refractivity contribution in [2.45, 2.75) is 68.2 Å². The highest BCUT2D eigenvalue weighted by atomic mass is 127. The molecule has 2 aliphatic rings. The maximum atomic E-state index is 14.2. The van der Waals surface area contributed by atoms with Gasteiger partial charge in [-0.1, -0.05) is 23.8 Å². The molecule has 166 valence electrons. The maximum absolute atomic E-state index is 14.2. The van der Waals surface area contributed by atoms with Crippen molar-refractivity contribution in [1.82, 2.24) is 4.90 Å². The van der Waals surface area contributed by atoms with E-state index < -0.39 is 32.3 Å². The maximum Gasteiger partial charge on any atom is 0.410 e. The summed E-state index contributed by atoms with van der Waals surface area (Å²) < 4.78 is 34.0. The summed E-state index contributed by atoms with van der Waals surface area (Å²) in [6, 6.07) is 12.6. The summed E-state index contributed by atoms with van der Waals surface area (Å²) in [7, 11) is -3.77. The van der Waals surface area contributed by atoms with Gasteiger partial charge in [0.25, 0.3) is 0 Å². The second-order valence-electron chi connectivity index (χ2n) is 9.49. The predicted octanol–water partition coefficient (Wildman–Crippen LogP) is 5.22. The molecular formula is C24H28INO4S. The Morgan fingerprint density at radius 2 is 1.84 bits per heavy atom. The van der Waals surface area contributed by atoms with E-state index in [1.54, 1.807) is 17.0 Å². The number of nitrogens with zero attached hydrogens (tertiary/aromatic N) is 1. The zero-order valence-electron chi connectivity index (χ0n) is 18.3. The molecule has 0 bridgehead atoms. The lowest BCUT2D eigenvalue weighted by atomic mass is 9.78. The van der Waals surface area contributed by atoms with Gasteiger partial charge in [-0.3, -0.25) is 0 Å². The van der Waals surface area contributed by atoms with Crippen LogP contribution in [0.2, 0.25) is 0 Å². The standard InChI is InChI=1S/C24H28INO4S/c1-16-5-9-19(10-6-16)31(28,29)24-13-14-26(22(27)30-23(2,3)4)21(24)12-7-17-15-18(25)8-11-20(17)24/h5-6,8-11,15,21H,7,12-14H2,1-4H3. The fourth-order valence-electron chi connectivity index (χ4n) is 4.96. The first kappa shape index (κ1) is 22.6. The molecule has 1 aliphatic carbocycles. The molecule has 0 aromatic heterocycles. The number of halogens is 1. The number of carbonyl (C=O) groups excluding carboxylic acids is 1. The van der Waals surface area contributed by atoms with Crippen LogP contribution in [0.4, 0.5) is 4.79 Å². The van der Waals surface area contributed by atoms with Crippen molar-refractivity contribution in [2.24, 2.45) is 0 Å². The second-order valence-corrected chi connectivity index (χ2v) is 12.9. The van der Waals surface area contributed by atoms with Gasteiger partial charge in [-0.05, 0) is 105 Å². The average molecular weight is 553 g/mol. The van der Waals surface area contributed by atoms with Gasteiger partial charge in [0.1, 0.15) is 10.3 Å². The Kier molecular flexibility index (Phi) is 5.65. The molecule has 7 heteroatoms. The van der Waals surface area contributed by atoms with Crippen molar-refractivity contribution < 1.29 is 17.9 Å². The van der Waals surface area contributed by atoms with Crippen LogP contribution in [-0.2, 0) is 25.7 Å². The molecule has 5 nitrogen and oxygen atoms in total. The van der Waals surface area contributed by atoms with Crippen molar-refractivity contribution in [3.8, 4) is 0 Å². The fraction of sp³-hybridized carbons (Fsp3) is 0.458. The van der Waals surface area contributed by atoms with E-state index in [1.807, 2.05) is 52.0 Å². The number of hydrogen-bond acceptors (Lipinski definition) is 4. The fourth-order valence-corrected chi connectivity index (χ4v) is 7.89. The zero-order valence-corrected chi connectivity index (χ0v) is 21.3. The molecule has 2 aromatic carbocycles. The minimum Gasteiger partial charge on any atom is -0.444 e. The Morgan fingerprint density at radius 1 is 1.16 bits per heavy atom. The molecule has 0 saturated carbocycles. The van der Waals surface area contributed by atoms with Gasteiger partial charge >= 0.3 is 6.09 Å². The minimum atomic E-state index is -3.77.